The summed E-state index contributed by atoms with van der Waals surface area (Å²) < 4.78 is 1.65. The second-order valence-corrected chi connectivity index (χ2v) is 5.32. The first-order valence-corrected chi connectivity index (χ1v) is 7.10. The van der Waals surface area contributed by atoms with Crippen molar-refractivity contribution in [2.75, 3.05) is 0 Å². The van der Waals surface area contributed by atoms with E-state index < -0.39 is 5.97 Å². The fourth-order valence-electron chi connectivity index (χ4n) is 2.40. The molecule has 22 heavy (non-hydrogen) atoms. The van der Waals surface area contributed by atoms with E-state index in [0.29, 0.717) is 10.6 Å². The smallest absolute Gasteiger partial charge is 0.356 e. The second kappa shape index (κ2) is 5.66. The van der Waals surface area contributed by atoms with Crippen molar-refractivity contribution < 1.29 is 9.90 Å². The highest BCUT2D eigenvalue weighted by atomic mass is 35.5. The van der Waals surface area contributed by atoms with Gasteiger partial charge in [0.05, 0.1) is 11.4 Å². The second-order valence-electron chi connectivity index (χ2n) is 4.88. The summed E-state index contributed by atoms with van der Waals surface area (Å²) in [5.41, 5.74) is 3.10. The third kappa shape index (κ3) is 2.49. The number of carboxylic acids is 1. The Morgan fingerprint density at radius 1 is 1.09 bits per heavy atom. The summed E-state index contributed by atoms with van der Waals surface area (Å²) in [4.78, 5) is 11.4. The van der Waals surface area contributed by atoms with E-state index in [1.807, 2.05) is 42.5 Å². The lowest BCUT2D eigenvalue weighted by Crippen LogP contribution is -2.02. The zero-order valence-corrected chi connectivity index (χ0v) is 12.6. The van der Waals surface area contributed by atoms with Crippen molar-refractivity contribution in [3.05, 3.63) is 70.9 Å². The molecule has 0 spiro atoms. The SMILES string of the molecule is Cc1c(C(=O)O)nn(-c2ccccc2)c1-c1ccc(Cl)cc1. The van der Waals surface area contributed by atoms with Gasteiger partial charge in [-0.05, 0) is 31.2 Å². The normalized spacial score (nSPS) is 10.6. The van der Waals surface area contributed by atoms with Crippen LogP contribution in [0.25, 0.3) is 16.9 Å². The lowest BCUT2D eigenvalue weighted by Gasteiger charge is -2.08. The van der Waals surface area contributed by atoms with Gasteiger partial charge in [0.1, 0.15) is 0 Å². The van der Waals surface area contributed by atoms with Gasteiger partial charge in [-0.2, -0.15) is 5.10 Å². The molecule has 3 rings (SSSR count). The first-order chi connectivity index (χ1) is 10.6. The molecule has 0 saturated carbocycles. The molecule has 2 aromatic carbocycles. The van der Waals surface area contributed by atoms with Crippen molar-refractivity contribution in [3.63, 3.8) is 0 Å². The highest BCUT2D eigenvalue weighted by Crippen LogP contribution is 2.29. The molecule has 1 heterocycles. The fraction of sp³-hybridized carbons (Fsp3) is 0.0588. The molecule has 0 radical (unpaired) electrons. The number of hydrogen-bond donors (Lipinski definition) is 1. The van der Waals surface area contributed by atoms with E-state index >= 15 is 0 Å². The molecule has 1 aromatic heterocycles. The van der Waals surface area contributed by atoms with Crippen molar-refractivity contribution >= 4 is 17.6 Å². The molecule has 0 unspecified atom stereocenters. The molecule has 0 saturated heterocycles. The standard InChI is InChI=1S/C17H13ClN2O2/c1-11-15(17(21)22)19-20(14-5-3-2-4-6-14)16(11)12-7-9-13(18)10-8-12/h2-10H,1H3,(H,21,22). The van der Waals surface area contributed by atoms with Crippen molar-refractivity contribution in [3.8, 4) is 16.9 Å². The van der Waals surface area contributed by atoms with Gasteiger partial charge in [0.2, 0.25) is 0 Å². The summed E-state index contributed by atoms with van der Waals surface area (Å²) in [5.74, 6) is -1.04. The van der Waals surface area contributed by atoms with Crippen LogP contribution in [0.4, 0.5) is 0 Å². The minimum absolute atomic E-state index is 0.0498. The van der Waals surface area contributed by atoms with Gasteiger partial charge in [0.25, 0.3) is 0 Å². The molecule has 0 fully saturated rings. The summed E-state index contributed by atoms with van der Waals surface area (Å²) in [7, 11) is 0. The monoisotopic (exact) mass is 312 g/mol. The van der Waals surface area contributed by atoms with Crippen LogP contribution in [0.1, 0.15) is 16.1 Å². The van der Waals surface area contributed by atoms with Gasteiger partial charge in [-0.15, -0.1) is 0 Å². The number of halogens is 1. The predicted octanol–water partition coefficient (Wildman–Crippen LogP) is 4.20. The Hall–Kier alpha value is -2.59. The zero-order chi connectivity index (χ0) is 15.7. The zero-order valence-electron chi connectivity index (χ0n) is 11.8. The maximum Gasteiger partial charge on any atom is 0.356 e. The predicted molar refractivity (Wildman–Crippen MR) is 85.7 cm³/mol. The largest absolute Gasteiger partial charge is 0.476 e. The number of rotatable bonds is 3. The molecule has 0 amide bonds. The molecule has 3 aromatic rings. The van der Waals surface area contributed by atoms with Crippen LogP contribution in [0.5, 0.6) is 0 Å². The van der Waals surface area contributed by atoms with Crippen LogP contribution in [0.3, 0.4) is 0 Å². The molecule has 0 bridgehead atoms. The number of aromatic nitrogens is 2. The summed E-state index contributed by atoms with van der Waals surface area (Å²) >= 11 is 5.93. The van der Waals surface area contributed by atoms with E-state index in [4.69, 9.17) is 11.6 Å². The molecule has 0 atom stereocenters. The molecule has 110 valence electrons. The molecule has 0 aliphatic carbocycles. The van der Waals surface area contributed by atoms with Gasteiger partial charge in [-0.25, -0.2) is 9.48 Å². The van der Waals surface area contributed by atoms with Gasteiger partial charge < -0.3 is 5.11 Å². The maximum absolute atomic E-state index is 11.4. The van der Waals surface area contributed by atoms with Crippen LogP contribution in [-0.2, 0) is 0 Å². The van der Waals surface area contributed by atoms with Gasteiger partial charge in [0, 0.05) is 16.1 Å². The lowest BCUT2D eigenvalue weighted by atomic mass is 10.1. The van der Waals surface area contributed by atoms with Gasteiger partial charge in [0.15, 0.2) is 5.69 Å². The molecule has 5 heteroatoms. The van der Waals surface area contributed by atoms with Crippen molar-refractivity contribution in [1.29, 1.82) is 0 Å². The van der Waals surface area contributed by atoms with Crippen molar-refractivity contribution in [1.82, 2.24) is 9.78 Å². The molecular formula is C17H13ClN2O2. The van der Waals surface area contributed by atoms with E-state index in [1.165, 1.54) is 0 Å². The average Bonchev–Trinajstić information content (AvgIpc) is 2.87. The van der Waals surface area contributed by atoms with E-state index in [2.05, 4.69) is 5.10 Å². The Bertz CT molecular complexity index is 824. The average molecular weight is 313 g/mol. The van der Waals surface area contributed by atoms with Crippen molar-refractivity contribution in [2.24, 2.45) is 0 Å². The summed E-state index contributed by atoms with van der Waals surface area (Å²) in [6.07, 6.45) is 0. The minimum Gasteiger partial charge on any atom is -0.476 e. The maximum atomic E-state index is 11.4. The number of benzene rings is 2. The number of carbonyl (C=O) groups is 1. The Labute approximate surface area is 132 Å². The molecule has 1 N–H and O–H groups in total. The van der Waals surface area contributed by atoms with Gasteiger partial charge in [-0.1, -0.05) is 41.9 Å². The number of nitrogens with zero attached hydrogens (tertiary/aromatic N) is 2. The number of hydrogen-bond acceptors (Lipinski definition) is 2. The third-order valence-corrected chi connectivity index (χ3v) is 3.70. The van der Waals surface area contributed by atoms with E-state index in [9.17, 15) is 9.90 Å². The highest BCUT2D eigenvalue weighted by molar-refractivity contribution is 6.30. The molecule has 0 aliphatic rings. The van der Waals surface area contributed by atoms with E-state index in [0.717, 1.165) is 16.9 Å². The fourth-order valence-corrected chi connectivity index (χ4v) is 2.53. The highest BCUT2D eigenvalue weighted by Gasteiger charge is 2.21. The Morgan fingerprint density at radius 2 is 1.73 bits per heavy atom. The Kier molecular flexibility index (Phi) is 3.69. The molecule has 0 aliphatic heterocycles. The summed E-state index contributed by atoms with van der Waals surface area (Å²) in [6, 6.07) is 16.7. The van der Waals surface area contributed by atoms with Crippen LogP contribution in [0.2, 0.25) is 5.02 Å². The minimum atomic E-state index is -1.04. The summed E-state index contributed by atoms with van der Waals surface area (Å²) in [6.45, 7) is 1.76. The van der Waals surface area contributed by atoms with Gasteiger partial charge in [-0.3, -0.25) is 0 Å². The van der Waals surface area contributed by atoms with Crippen LogP contribution in [-0.4, -0.2) is 20.9 Å². The number of carboxylic acid groups (broad SMARTS) is 1. The number of aromatic carboxylic acids is 1. The van der Waals surface area contributed by atoms with Crippen LogP contribution < -0.4 is 0 Å². The van der Waals surface area contributed by atoms with E-state index in [1.54, 1.807) is 23.7 Å². The summed E-state index contributed by atoms with van der Waals surface area (Å²) in [5, 5.41) is 14.2. The Balaban J connectivity index is 2.27. The van der Waals surface area contributed by atoms with Gasteiger partial charge >= 0.3 is 5.97 Å². The Morgan fingerprint density at radius 3 is 2.32 bits per heavy atom. The molecule has 4 nitrogen and oxygen atoms in total. The third-order valence-electron chi connectivity index (χ3n) is 3.44. The van der Waals surface area contributed by atoms with E-state index in [-0.39, 0.29) is 5.69 Å². The van der Waals surface area contributed by atoms with Crippen molar-refractivity contribution in [2.45, 2.75) is 6.92 Å². The quantitative estimate of drug-likeness (QED) is 0.788. The first kappa shape index (κ1) is 14.4. The van der Waals surface area contributed by atoms with Crippen LogP contribution >= 0.6 is 11.6 Å². The van der Waals surface area contributed by atoms with Crippen LogP contribution in [0.15, 0.2) is 54.6 Å². The first-order valence-electron chi connectivity index (χ1n) is 6.72. The van der Waals surface area contributed by atoms with Crippen LogP contribution in [0, 0.1) is 6.92 Å². The molecular weight excluding hydrogens is 300 g/mol. The number of para-hydroxylation sites is 1. The topological polar surface area (TPSA) is 55.1 Å². The lowest BCUT2D eigenvalue weighted by molar-refractivity contribution is 0.0689.